The van der Waals surface area contributed by atoms with Gasteiger partial charge in [0.2, 0.25) is 5.71 Å². The van der Waals surface area contributed by atoms with Gasteiger partial charge in [-0.1, -0.05) is 6.92 Å². The van der Waals surface area contributed by atoms with Gasteiger partial charge >= 0.3 is 6.18 Å². The molecule has 1 aromatic rings. The van der Waals surface area contributed by atoms with Crippen LogP contribution in [-0.2, 0) is 6.18 Å². The standard InChI is InChI=1S/C16H19F3N6/c1-10-4-6-25(7-5-10)14-3-2-11(16(17,18)19)8-12(14)23-24-13(9-20)15(21)22/h2-3,8,10,23H,4-7H2,1H3,(H3,21,22)/b24-13+. The van der Waals surface area contributed by atoms with E-state index in [9.17, 15) is 13.2 Å². The van der Waals surface area contributed by atoms with E-state index >= 15 is 0 Å². The van der Waals surface area contributed by atoms with Crippen molar-refractivity contribution >= 4 is 22.9 Å². The first-order valence-electron chi connectivity index (χ1n) is 7.76. The van der Waals surface area contributed by atoms with Crippen LogP contribution in [0.4, 0.5) is 24.5 Å². The summed E-state index contributed by atoms with van der Waals surface area (Å²) in [5.41, 5.74) is 7.16. The van der Waals surface area contributed by atoms with Crippen LogP contribution in [-0.4, -0.2) is 24.6 Å². The second-order valence-corrected chi connectivity index (χ2v) is 6.00. The summed E-state index contributed by atoms with van der Waals surface area (Å²) in [5.74, 6) is 0.0124. The van der Waals surface area contributed by atoms with Gasteiger partial charge in [0.25, 0.3) is 0 Å². The molecule has 1 aromatic carbocycles. The van der Waals surface area contributed by atoms with Crippen molar-refractivity contribution in [3.05, 3.63) is 23.8 Å². The summed E-state index contributed by atoms with van der Waals surface area (Å²) in [6.07, 6.45) is -2.60. The van der Waals surface area contributed by atoms with Gasteiger partial charge in [0.1, 0.15) is 6.07 Å². The van der Waals surface area contributed by atoms with E-state index in [-0.39, 0.29) is 5.69 Å². The van der Waals surface area contributed by atoms with Gasteiger partial charge in [0.05, 0.1) is 16.9 Å². The Kier molecular flexibility index (Phi) is 5.51. The maximum atomic E-state index is 13.0. The number of rotatable bonds is 4. The molecule has 1 fully saturated rings. The highest BCUT2D eigenvalue weighted by atomic mass is 19.4. The molecular formula is C16H19F3N6. The van der Waals surface area contributed by atoms with E-state index in [1.807, 2.05) is 4.90 Å². The third-order valence-corrected chi connectivity index (χ3v) is 4.10. The predicted octanol–water partition coefficient (Wildman–Crippen LogP) is 3.17. The molecule has 1 saturated heterocycles. The molecule has 0 unspecified atom stereocenters. The lowest BCUT2D eigenvalue weighted by Gasteiger charge is -2.33. The van der Waals surface area contributed by atoms with Crippen molar-refractivity contribution in [3.8, 4) is 6.07 Å². The van der Waals surface area contributed by atoms with E-state index in [0.717, 1.165) is 38.1 Å². The number of nitrogens with two attached hydrogens (primary N) is 1. The van der Waals surface area contributed by atoms with Crippen molar-refractivity contribution in [2.75, 3.05) is 23.4 Å². The monoisotopic (exact) mass is 352 g/mol. The molecule has 0 spiro atoms. The van der Waals surface area contributed by atoms with Gasteiger partial charge in [-0.25, -0.2) is 0 Å². The van der Waals surface area contributed by atoms with Gasteiger partial charge < -0.3 is 10.6 Å². The molecule has 1 heterocycles. The van der Waals surface area contributed by atoms with Crippen LogP contribution in [0.15, 0.2) is 23.3 Å². The van der Waals surface area contributed by atoms with Gasteiger partial charge in [0, 0.05) is 13.1 Å². The number of nitrogens with zero attached hydrogens (tertiary/aromatic N) is 3. The average Bonchev–Trinajstić information content (AvgIpc) is 2.55. The fourth-order valence-electron chi connectivity index (χ4n) is 2.59. The first-order valence-corrected chi connectivity index (χ1v) is 7.76. The minimum absolute atomic E-state index is 0.123. The minimum atomic E-state index is -4.49. The van der Waals surface area contributed by atoms with Gasteiger partial charge in [-0.15, -0.1) is 0 Å². The summed E-state index contributed by atoms with van der Waals surface area (Å²) >= 11 is 0. The number of alkyl halides is 3. The molecule has 0 bridgehead atoms. The van der Waals surface area contributed by atoms with Crippen molar-refractivity contribution < 1.29 is 13.2 Å². The zero-order valence-electron chi connectivity index (χ0n) is 13.7. The van der Waals surface area contributed by atoms with Crippen LogP contribution in [0.1, 0.15) is 25.3 Å². The lowest BCUT2D eigenvalue weighted by Crippen LogP contribution is -2.33. The Labute approximate surface area is 143 Å². The van der Waals surface area contributed by atoms with Crippen LogP contribution >= 0.6 is 0 Å². The third-order valence-electron chi connectivity index (χ3n) is 4.10. The number of hydrazone groups is 1. The number of halogens is 3. The number of nitriles is 1. The molecule has 4 N–H and O–H groups in total. The molecule has 0 atom stereocenters. The minimum Gasteiger partial charge on any atom is -0.382 e. The molecule has 25 heavy (non-hydrogen) atoms. The number of amidine groups is 1. The lowest BCUT2D eigenvalue weighted by atomic mass is 9.98. The van der Waals surface area contributed by atoms with E-state index in [1.165, 1.54) is 6.07 Å². The van der Waals surface area contributed by atoms with Crippen molar-refractivity contribution in [2.24, 2.45) is 16.8 Å². The van der Waals surface area contributed by atoms with Crippen LogP contribution in [0.3, 0.4) is 0 Å². The molecule has 0 aromatic heterocycles. The molecule has 6 nitrogen and oxygen atoms in total. The van der Waals surface area contributed by atoms with Crippen molar-refractivity contribution in [1.82, 2.24) is 0 Å². The average molecular weight is 352 g/mol. The Bertz CT molecular complexity index is 712. The molecule has 0 aliphatic carbocycles. The zero-order chi connectivity index (χ0) is 18.6. The molecule has 0 amide bonds. The largest absolute Gasteiger partial charge is 0.416 e. The maximum absolute atomic E-state index is 13.0. The van der Waals surface area contributed by atoms with Crippen LogP contribution in [0.2, 0.25) is 0 Å². The summed E-state index contributed by atoms with van der Waals surface area (Å²) in [5, 5.41) is 19.8. The van der Waals surface area contributed by atoms with Gasteiger partial charge in [0.15, 0.2) is 5.84 Å². The molecule has 134 valence electrons. The number of anilines is 2. The number of piperidine rings is 1. The maximum Gasteiger partial charge on any atom is 0.416 e. The van der Waals surface area contributed by atoms with Crippen LogP contribution in [0, 0.1) is 22.7 Å². The second kappa shape index (κ2) is 7.42. The Morgan fingerprint density at radius 2 is 2.04 bits per heavy atom. The van der Waals surface area contributed by atoms with Crippen molar-refractivity contribution in [2.45, 2.75) is 25.9 Å². The molecule has 2 rings (SSSR count). The topological polar surface area (TPSA) is 101 Å². The predicted molar refractivity (Wildman–Crippen MR) is 90.6 cm³/mol. The summed E-state index contributed by atoms with van der Waals surface area (Å²) in [7, 11) is 0. The molecule has 1 aliphatic rings. The molecule has 9 heteroatoms. The van der Waals surface area contributed by atoms with Gasteiger partial charge in [-0.05, 0) is 37.0 Å². The first kappa shape index (κ1) is 18.6. The molecule has 0 radical (unpaired) electrons. The van der Waals surface area contributed by atoms with E-state index in [4.69, 9.17) is 16.4 Å². The van der Waals surface area contributed by atoms with Gasteiger partial charge in [-0.2, -0.15) is 23.5 Å². The van der Waals surface area contributed by atoms with Gasteiger partial charge in [-0.3, -0.25) is 10.8 Å². The summed E-state index contributed by atoms with van der Waals surface area (Å²) < 4.78 is 39.0. The number of benzene rings is 1. The Balaban J connectivity index is 2.38. The van der Waals surface area contributed by atoms with E-state index in [1.54, 1.807) is 6.07 Å². The van der Waals surface area contributed by atoms with E-state index < -0.39 is 23.3 Å². The fraction of sp³-hybridized carbons (Fsp3) is 0.438. The Hall–Kier alpha value is -2.76. The normalized spacial score (nSPS) is 16.4. The summed E-state index contributed by atoms with van der Waals surface area (Å²) in [4.78, 5) is 1.98. The number of nitrogens with one attached hydrogen (secondary N) is 2. The number of hydrogen-bond donors (Lipinski definition) is 3. The van der Waals surface area contributed by atoms with Crippen molar-refractivity contribution in [1.29, 1.82) is 10.7 Å². The van der Waals surface area contributed by atoms with Crippen LogP contribution in [0.25, 0.3) is 0 Å². The summed E-state index contributed by atoms with van der Waals surface area (Å²) in [6.45, 7) is 3.59. The molecule has 0 saturated carbocycles. The second-order valence-electron chi connectivity index (χ2n) is 6.00. The highest BCUT2D eigenvalue weighted by Gasteiger charge is 2.31. The highest BCUT2D eigenvalue weighted by molar-refractivity contribution is 6.45. The fourth-order valence-corrected chi connectivity index (χ4v) is 2.59. The first-order chi connectivity index (χ1) is 11.7. The smallest absolute Gasteiger partial charge is 0.382 e. The van der Waals surface area contributed by atoms with E-state index in [0.29, 0.717) is 11.6 Å². The van der Waals surface area contributed by atoms with Crippen molar-refractivity contribution in [3.63, 3.8) is 0 Å². The molecule has 1 aliphatic heterocycles. The third kappa shape index (κ3) is 4.62. The SMILES string of the molecule is CC1CCN(c2ccc(C(F)(F)F)cc2N/N=C(\C#N)C(=N)N)CC1. The zero-order valence-corrected chi connectivity index (χ0v) is 13.7. The summed E-state index contributed by atoms with van der Waals surface area (Å²) in [6, 6.07) is 5.00. The molecular weight excluding hydrogens is 333 g/mol. The quantitative estimate of drug-likeness (QED) is 0.440. The Morgan fingerprint density at radius 3 is 2.56 bits per heavy atom. The number of hydrogen-bond acceptors (Lipinski definition) is 5. The lowest BCUT2D eigenvalue weighted by molar-refractivity contribution is -0.137. The van der Waals surface area contributed by atoms with Crippen LogP contribution < -0.4 is 16.1 Å². The highest BCUT2D eigenvalue weighted by Crippen LogP contribution is 2.36. The Morgan fingerprint density at radius 1 is 1.40 bits per heavy atom. The van der Waals surface area contributed by atoms with Crippen LogP contribution in [0.5, 0.6) is 0 Å². The van der Waals surface area contributed by atoms with E-state index in [2.05, 4.69) is 17.5 Å².